The van der Waals surface area contributed by atoms with Crippen LogP contribution in [0.1, 0.15) is 18.5 Å². The summed E-state index contributed by atoms with van der Waals surface area (Å²) in [7, 11) is 0. The van der Waals surface area contributed by atoms with Gasteiger partial charge in [-0.25, -0.2) is 4.98 Å². The summed E-state index contributed by atoms with van der Waals surface area (Å²) in [5.41, 5.74) is 6.98. The van der Waals surface area contributed by atoms with E-state index in [1.807, 2.05) is 11.3 Å². The predicted molar refractivity (Wildman–Crippen MR) is 64.9 cm³/mol. The Labute approximate surface area is 99.5 Å². The maximum atomic E-state index is 6.02. The molecule has 0 saturated carbocycles. The Morgan fingerprint density at radius 1 is 1.47 bits per heavy atom. The molecule has 0 spiro atoms. The highest BCUT2D eigenvalue weighted by molar-refractivity contribution is 5.48. The second kappa shape index (κ2) is 3.96. The van der Waals surface area contributed by atoms with E-state index >= 15 is 0 Å². The van der Waals surface area contributed by atoms with Crippen LogP contribution in [0.25, 0.3) is 5.78 Å². The number of anilines is 1. The predicted octanol–water partition coefficient (Wildman–Crippen LogP) is 0.360. The summed E-state index contributed by atoms with van der Waals surface area (Å²) in [6, 6.07) is 2.32. The summed E-state index contributed by atoms with van der Waals surface area (Å²) in [5.74, 6) is 1.74. The number of piperidine rings is 1. The molecule has 90 valence electrons. The van der Waals surface area contributed by atoms with E-state index < -0.39 is 0 Å². The molecule has 1 aliphatic heterocycles. The second-order valence-electron chi connectivity index (χ2n) is 4.60. The Kier molecular flexibility index (Phi) is 2.44. The van der Waals surface area contributed by atoms with Crippen molar-refractivity contribution in [3.8, 4) is 0 Å². The van der Waals surface area contributed by atoms with E-state index in [1.54, 1.807) is 6.33 Å². The van der Waals surface area contributed by atoms with Crippen molar-refractivity contribution in [1.82, 2.24) is 19.6 Å². The molecule has 1 fully saturated rings. The van der Waals surface area contributed by atoms with Gasteiger partial charge >= 0.3 is 0 Å². The second-order valence-corrected chi connectivity index (χ2v) is 4.60. The Morgan fingerprint density at radius 2 is 2.35 bits per heavy atom. The molecule has 2 aromatic rings. The lowest BCUT2D eigenvalue weighted by molar-refractivity contribution is 0.501. The zero-order chi connectivity index (χ0) is 11.8. The first kappa shape index (κ1) is 10.5. The van der Waals surface area contributed by atoms with Crippen LogP contribution in [0.2, 0.25) is 0 Å². The first-order valence-corrected chi connectivity index (χ1v) is 5.92. The lowest BCUT2D eigenvalue weighted by Gasteiger charge is -2.32. The topological polar surface area (TPSA) is 72.3 Å². The van der Waals surface area contributed by atoms with Gasteiger partial charge in [-0.1, -0.05) is 0 Å². The molecule has 2 aromatic heterocycles. The molecule has 2 N–H and O–H groups in total. The van der Waals surface area contributed by atoms with Crippen LogP contribution in [0.3, 0.4) is 0 Å². The molecule has 0 amide bonds. The third kappa shape index (κ3) is 1.84. The molecular weight excluding hydrogens is 216 g/mol. The van der Waals surface area contributed by atoms with E-state index in [9.17, 15) is 0 Å². The van der Waals surface area contributed by atoms with Crippen LogP contribution in [0.4, 0.5) is 5.82 Å². The Hall–Kier alpha value is -1.69. The average Bonchev–Trinajstić information content (AvgIpc) is 2.75. The summed E-state index contributed by atoms with van der Waals surface area (Å²) in [6.45, 7) is 3.89. The van der Waals surface area contributed by atoms with Gasteiger partial charge in [0.25, 0.3) is 5.78 Å². The summed E-state index contributed by atoms with van der Waals surface area (Å²) in [6.07, 6.45) is 3.94. The minimum absolute atomic E-state index is 0.253. The highest BCUT2D eigenvalue weighted by Crippen LogP contribution is 2.20. The summed E-state index contributed by atoms with van der Waals surface area (Å²) < 4.78 is 1.92. The van der Waals surface area contributed by atoms with Crippen molar-refractivity contribution in [2.75, 3.05) is 18.0 Å². The van der Waals surface area contributed by atoms with E-state index in [4.69, 9.17) is 5.73 Å². The van der Waals surface area contributed by atoms with E-state index in [1.165, 1.54) is 0 Å². The molecule has 0 radical (unpaired) electrons. The molecule has 1 atom stereocenters. The zero-order valence-electron chi connectivity index (χ0n) is 9.87. The number of fused-ring (bicyclic) bond motifs is 1. The van der Waals surface area contributed by atoms with Crippen LogP contribution in [-0.2, 0) is 0 Å². The molecule has 6 heteroatoms. The Balaban J connectivity index is 2.06. The number of aromatic nitrogens is 4. The van der Waals surface area contributed by atoms with Crippen molar-refractivity contribution in [3.63, 3.8) is 0 Å². The molecule has 3 rings (SSSR count). The fraction of sp³-hybridized carbons (Fsp3) is 0.545. The Bertz CT molecular complexity index is 534. The van der Waals surface area contributed by atoms with Gasteiger partial charge < -0.3 is 10.6 Å². The van der Waals surface area contributed by atoms with Gasteiger partial charge in [-0.05, 0) is 19.8 Å². The van der Waals surface area contributed by atoms with Gasteiger partial charge in [0.15, 0.2) is 0 Å². The van der Waals surface area contributed by atoms with E-state index in [2.05, 4.69) is 26.1 Å². The van der Waals surface area contributed by atoms with Crippen LogP contribution in [0.15, 0.2) is 12.4 Å². The summed E-state index contributed by atoms with van der Waals surface area (Å²) in [5, 5.41) is 7.91. The van der Waals surface area contributed by atoms with Crippen molar-refractivity contribution >= 4 is 11.6 Å². The number of nitrogens with zero attached hydrogens (tertiary/aromatic N) is 5. The first-order valence-electron chi connectivity index (χ1n) is 5.92. The molecule has 3 heterocycles. The molecule has 0 bridgehead atoms. The molecule has 0 aliphatic carbocycles. The fourth-order valence-corrected chi connectivity index (χ4v) is 2.37. The maximum absolute atomic E-state index is 6.02. The minimum atomic E-state index is 0.253. The maximum Gasteiger partial charge on any atom is 0.256 e. The lowest BCUT2D eigenvalue weighted by atomic mass is 10.1. The molecule has 6 nitrogen and oxygen atoms in total. The standard InChI is InChI=1S/C11H16N6/c1-8-5-10(16-4-2-3-9(12)6-16)17-7-13-15-11(17)14-8/h5,7,9H,2-4,6,12H2,1H3/t9-/m0/s1. The van der Waals surface area contributed by atoms with Crippen molar-refractivity contribution in [2.24, 2.45) is 5.73 Å². The van der Waals surface area contributed by atoms with Crippen LogP contribution in [0.5, 0.6) is 0 Å². The van der Waals surface area contributed by atoms with Crippen molar-refractivity contribution in [2.45, 2.75) is 25.8 Å². The van der Waals surface area contributed by atoms with Crippen LogP contribution in [-0.4, -0.2) is 38.7 Å². The van der Waals surface area contributed by atoms with Crippen LogP contribution >= 0.6 is 0 Å². The van der Waals surface area contributed by atoms with Crippen molar-refractivity contribution < 1.29 is 0 Å². The van der Waals surface area contributed by atoms with Gasteiger partial charge in [-0.3, -0.25) is 4.40 Å². The third-order valence-corrected chi connectivity index (χ3v) is 3.17. The number of aryl methyl sites for hydroxylation is 1. The Morgan fingerprint density at radius 3 is 3.18 bits per heavy atom. The van der Waals surface area contributed by atoms with Crippen molar-refractivity contribution in [1.29, 1.82) is 0 Å². The third-order valence-electron chi connectivity index (χ3n) is 3.17. The zero-order valence-corrected chi connectivity index (χ0v) is 9.87. The monoisotopic (exact) mass is 232 g/mol. The molecule has 17 heavy (non-hydrogen) atoms. The number of hydrogen-bond acceptors (Lipinski definition) is 5. The fourth-order valence-electron chi connectivity index (χ4n) is 2.37. The van der Waals surface area contributed by atoms with E-state index in [0.29, 0.717) is 5.78 Å². The van der Waals surface area contributed by atoms with Gasteiger partial charge in [-0.2, -0.15) is 0 Å². The molecule has 0 aromatic carbocycles. The number of hydrogen-bond donors (Lipinski definition) is 1. The van der Waals surface area contributed by atoms with Crippen molar-refractivity contribution in [3.05, 3.63) is 18.1 Å². The lowest BCUT2D eigenvalue weighted by Crippen LogP contribution is -2.43. The van der Waals surface area contributed by atoms with Crippen LogP contribution in [0, 0.1) is 6.92 Å². The number of rotatable bonds is 1. The summed E-state index contributed by atoms with van der Waals surface area (Å²) >= 11 is 0. The van der Waals surface area contributed by atoms with Gasteiger partial charge in [0, 0.05) is 30.9 Å². The molecule has 0 unspecified atom stereocenters. The number of nitrogens with two attached hydrogens (primary N) is 1. The van der Waals surface area contributed by atoms with Gasteiger partial charge in [-0.15, -0.1) is 10.2 Å². The first-order chi connectivity index (χ1) is 8.24. The van der Waals surface area contributed by atoms with Gasteiger partial charge in [0.2, 0.25) is 0 Å². The molecule has 1 saturated heterocycles. The highest BCUT2D eigenvalue weighted by Gasteiger charge is 2.19. The normalized spacial score (nSPS) is 21.1. The smallest absolute Gasteiger partial charge is 0.256 e. The highest BCUT2D eigenvalue weighted by atomic mass is 15.3. The largest absolute Gasteiger partial charge is 0.356 e. The quantitative estimate of drug-likeness (QED) is 0.768. The SMILES string of the molecule is Cc1cc(N2CCC[C@H](N)C2)n2cnnc2n1. The van der Waals surface area contributed by atoms with Crippen LogP contribution < -0.4 is 10.6 Å². The minimum Gasteiger partial charge on any atom is -0.356 e. The summed E-state index contributed by atoms with van der Waals surface area (Å²) in [4.78, 5) is 6.63. The van der Waals surface area contributed by atoms with Gasteiger partial charge in [0.05, 0.1) is 0 Å². The van der Waals surface area contributed by atoms with E-state index in [0.717, 1.165) is 37.4 Å². The molecule has 1 aliphatic rings. The van der Waals surface area contributed by atoms with Gasteiger partial charge in [0.1, 0.15) is 12.1 Å². The van der Waals surface area contributed by atoms with E-state index in [-0.39, 0.29) is 6.04 Å². The molecular formula is C11H16N6. The average molecular weight is 232 g/mol.